The van der Waals surface area contributed by atoms with Gasteiger partial charge in [0.15, 0.2) is 6.61 Å². The third-order valence-electron chi connectivity index (χ3n) is 4.54. The summed E-state index contributed by atoms with van der Waals surface area (Å²) >= 11 is 0. The van der Waals surface area contributed by atoms with Crippen molar-refractivity contribution >= 4 is 17.9 Å². The van der Waals surface area contributed by atoms with E-state index in [1.54, 1.807) is 4.90 Å². The summed E-state index contributed by atoms with van der Waals surface area (Å²) in [6.07, 6.45) is 1.60. The zero-order valence-electron chi connectivity index (χ0n) is 17.6. The van der Waals surface area contributed by atoms with Crippen molar-refractivity contribution in [2.24, 2.45) is 5.92 Å². The minimum absolute atomic E-state index is 0.192. The molecule has 3 amide bonds. The van der Waals surface area contributed by atoms with Gasteiger partial charge in [0.1, 0.15) is 11.4 Å². The molecule has 1 fully saturated rings. The van der Waals surface area contributed by atoms with E-state index in [-0.39, 0.29) is 24.5 Å². The molecule has 0 aromatic heterocycles. The van der Waals surface area contributed by atoms with E-state index >= 15 is 0 Å². The average Bonchev–Trinajstić information content (AvgIpc) is 2.69. The maximum absolute atomic E-state index is 12.3. The molecular formula is C21H31N3O5. The topological polar surface area (TPSA) is 97.0 Å². The second kappa shape index (κ2) is 10.1. The summed E-state index contributed by atoms with van der Waals surface area (Å²) in [5.74, 6) is -0.381. The molecule has 1 aromatic rings. The lowest BCUT2D eigenvalue weighted by Crippen LogP contribution is -2.49. The molecule has 0 atom stereocenters. The molecule has 0 saturated carbocycles. The van der Waals surface area contributed by atoms with E-state index < -0.39 is 11.5 Å². The first-order valence-corrected chi connectivity index (χ1v) is 9.96. The summed E-state index contributed by atoms with van der Waals surface area (Å²) < 4.78 is 10.7. The molecule has 0 spiro atoms. The first-order valence-electron chi connectivity index (χ1n) is 9.96. The van der Waals surface area contributed by atoms with E-state index in [2.05, 4.69) is 17.8 Å². The summed E-state index contributed by atoms with van der Waals surface area (Å²) in [5.41, 5.74) is 5.45. The highest BCUT2D eigenvalue weighted by Crippen LogP contribution is 2.19. The van der Waals surface area contributed by atoms with Crippen molar-refractivity contribution in [2.75, 3.05) is 19.7 Å². The third kappa shape index (κ3) is 7.63. The van der Waals surface area contributed by atoms with Crippen molar-refractivity contribution in [2.45, 2.75) is 52.6 Å². The van der Waals surface area contributed by atoms with Gasteiger partial charge in [0, 0.05) is 19.0 Å². The fraction of sp³-hybridized carbons (Fsp3) is 0.571. The minimum atomic E-state index is -0.546. The van der Waals surface area contributed by atoms with Gasteiger partial charge in [0.25, 0.3) is 5.91 Å². The maximum Gasteiger partial charge on any atom is 0.410 e. The number of rotatable bonds is 5. The second-order valence-electron chi connectivity index (χ2n) is 8.07. The first-order chi connectivity index (χ1) is 13.7. The van der Waals surface area contributed by atoms with E-state index in [0.717, 1.165) is 6.42 Å². The molecule has 1 saturated heterocycles. The quantitative estimate of drug-likeness (QED) is 0.734. The van der Waals surface area contributed by atoms with Gasteiger partial charge in [0.05, 0.1) is 0 Å². The smallest absolute Gasteiger partial charge is 0.410 e. The lowest BCUT2D eigenvalue weighted by Gasteiger charge is -2.32. The van der Waals surface area contributed by atoms with Gasteiger partial charge < -0.3 is 14.4 Å². The van der Waals surface area contributed by atoms with Crippen LogP contribution in [0.25, 0.3) is 0 Å². The van der Waals surface area contributed by atoms with Crippen molar-refractivity contribution in [3.63, 3.8) is 0 Å². The van der Waals surface area contributed by atoms with E-state index in [9.17, 15) is 14.4 Å². The average molecular weight is 405 g/mol. The molecule has 8 heteroatoms. The standard InChI is InChI=1S/C21H31N3O5/c1-5-15-6-8-17(9-7-15)28-14-18(25)22-23-19(26)16-10-12-24(13-11-16)20(27)29-21(2,3)4/h6-9,16H,5,10-14H2,1-4H3,(H,22,25)(H,23,26). The number of hydrazine groups is 1. The number of nitrogens with one attached hydrogen (secondary N) is 2. The van der Waals surface area contributed by atoms with E-state index in [1.807, 2.05) is 45.0 Å². The highest BCUT2D eigenvalue weighted by molar-refractivity contribution is 5.84. The van der Waals surface area contributed by atoms with Gasteiger partial charge in [-0.05, 0) is 57.7 Å². The van der Waals surface area contributed by atoms with Gasteiger partial charge in [-0.15, -0.1) is 0 Å². The Labute approximate surface area is 171 Å². The number of likely N-dealkylation sites (tertiary alicyclic amines) is 1. The lowest BCUT2D eigenvalue weighted by molar-refractivity contribution is -0.133. The van der Waals surface area contributed by atoms with Gasteiger partial charge in [-0.3, -0.25) is 20.4 Å². The van der Waals surface area contributed by atoms with Crippen LogP contribution in [0.1, 0.15) is 46.1 Å². The number of carbonyl (C=O) groups is 3. The van der Waals surface area contributed by atoms with Gasteiger partial charge in [0.2, 0.25) is 5.91 Å². The zero-order chi connectivity index (χ0) is 21.4. The predicted octanol–water partition coefficient (Wildman–Crippen LogP) is 2.42. The van der Waals surface area contributed by atoms with Crippen molar-refractivity contribution in [1.29, 1.82) is 0 Å². The molecule has 1 heterocycles. The Kier molecular flexibility index (Phi) is 7.87. The van der Waals surface area contributed by atoms with Crippen LogP contribution in [0.15, 0.2) is 24.3 Å². The molecule has 1 aliphatic heterocycles. The number of benzene rings is 1. The van der Waals surface area contributed by atoms with Gasteiger partial charge >= 0.3 is 6.09 Å². The van der Waals surface area contributed by atoms with E-state index in [4.69, 9.17) is 9.47 Å². The summed E-state index contributed by atoms with van der Waals surface area (Å²) in [6.45, 7) is 8.21. The van der Waals surface area contributed by atoms with Crippen molar-refractivity contribution in [3.8, 4) is 5.75 Å². The normalized spacial score (nSPS) is 14.8. The van der Waals surface area contributed by atoms with E-state index in [0.29, 0.717) is 31.7 Å². The Balaban J connectivity index is 1.67. The Bertz CT molecular complexity index is 704. The minimum Gasteiger partial charge on any atom is -0.484 e. The molecule has 0 bridgehead atoms. The van der Waals surface area contributed by atoms with Crippen LogP contribution in [0.4, 0.5) is 4.79 Å². The molecular weight excluding hydrogens is 374 g/mol. The summed E-state index contributed by atoms with van der Waals surface area (Å²) in [5, 5.41) is 0. The van der Waals surface area contributed by atoms with Crippen molar-refractivity contribution in [3.05, 3.63) is 29.8 Å². The molecule has 1 aliphatic rings. The SMILES string of the molecule is CCc1ccc(OCC(=O)NNC(=O)C2CCN(C(=O)OC(C)(C)C)CC2)cc1. The molecule has 2 rings (SSSR count). The fourth-order valence-corrected chi connectivity index (χ4v) is 2.89. The van der Waals surface area contributed by atoms with Crippen molar-refractivity contribution < 1.29 is 23.9 Å². The second-order valence-corrected chi connectivity index (χ2v) is 8.07. The van der Waals surface area contributed by atoms with Crippen LogP contribution >= 0.6 is 0 Å². The van der Waals surface area contributed by atoms with Crippen LogP contribution in [0, 0.1) is 5.92 Å². The number of hydrogen-bond donors (Lipinski definition) is 2. The van der Waals surface area contributed by atoms with Gasteiger partial charge in [-0.1, -0.05) is 19.1 Å². The predicted molar refractivity (Wildman–Crippen MR) is 108 cm³/mol. The summed E-state index contributed by atoms with van der Waals surface area (Å²) in [7, 11) is 0. The largest absolute Gasteiger partial charge is 0.484 e. The third-order valence-corrected chi connectivity index (χ3v) is 4.54. The van der Waals surface area contributed by atoms with Crippen LogP contribution in [0.5, 0.6) is 5.75 Å². The Morgan fingerprint density at radius 1 is 1.07 bits per heavy atom. The summed E-state index contributed by atoms with van der Waals surface area (Å²) in [6, 6.07) is 7.50. The number of nitrogens with zero attached hydrogens (tertiary/aromatic N) is 1. The van der Waals surface area contributed by atoms with Crippen LogP contribution in [-0.2, 0) is 20.7 Å². The molecule has 2 N–H and O–H groups in total. The van der Waals surface area contributed by atoms with Crippen LogP contribution < -0.4 is 15.6 Å². The molecule has 0 unspecified atom stereocenters. The zero-order valence-corrected chi connectivity index (χ0v) is 17.6. The first kappa shape index (κ1) is 22.5. The molecule has 1 aromatic carbocycles. The number of piperidine rings is 1. The Morgan fingerprint density at radius 2 is 1.69 bits per heavy atom. The van der Waals surface area contributed by atoms with Crippen LogP contribution in [-0.4, -0.2) is 48.1 Å². The number of hydrogen-bond acceptors (Lipinski definition) is 5. The molecule has 8 nitrogen and oxygen atoms in total. The van der Waals surface area contributed by atoms with Crippen LogP contribution in [0.3, 0.4) is 0 Å². The Hall–Kier alpha value is -2.77. The molecule has 29 heavy (non-hydrogen) atoms. The number of carbonyl (C=O) groups excluding carboxylic acids is 3. The molecule has 0 radical (unpaired) electrons. The van der Waals surface area contributed by atoms with E-state index in [1.165, 1.54) is 5.56 Å². The highest BCUT2D eigenvalue weighted by atomic mass is 16.6. The molecule has 160 valence electrons. The highest BCUT2D eigenvalue weighted by Gasteiger charge is 2.30. The fourth-order valence-electron chi connectivity index (χ4n) is 2.89. The van der Waals surface area contributed by atoms with Gasteiger partial charge in [-0.25, -0.2) is 4.79 Å². The molecule has 0 aliphatic carbocycles. The monoisotopic (exact) mass is 405 g/mol. The number of aryl methyl sites for hydroxylation is 1. The Morgan fingerprint density at radius 3 is 2.24 bits per heavy atom. The number of amides is 3. The maximum atomic E-state index is 12.3. The van der Waals surface area contributed by atoms with Crippen molar-refractivity contribution in [1.82, 2.24) is 15.8 Å². The summed E-state index contributed by atoms with van der Waals surface area (Å²) in [4.78, 5) is 37.8. The number of ether oxygens (including phenoxy) is 2. The van der Waals surface area contributed by atoms with Crippen LogP contribution in [0.2, 0.25) is 0 Å². The van der Waals surface area contributed by atoms with Gasteiger partial charge in [-0.2, -0.15) is 0 Å². The lowest BCUT2D eigenvalue weighted by atomic mass is 9.96.